The molecule has 3 aromatic rings. The van der Waals surface area contributed by atoms with Gasteiger partial charge in [-0.05, 0) is 74.3 Å². The molecule has 10 heteroatoms. The van der Waals surface area contributed by atoms with Gasteiger partial charge in [0.05, 0.1) is 35.0 Å². The number of hydrogen-bond donors (Lipinski definition) is 1. The number of halogens is 3. The monoisotopic (exact) mass is 563 g/mol. The minimum absolute atomic E-state index is 0.0332. The van der Waals surface area contributed by atoms with E-state index in [1.54, 1.807) is 13.3 Å². The van der Waals surface area contributed by atoms with Crippen molar-refractivity contribution < 1.29 is 22.7 Å². The number of ether oxygens (including phenoxy) is 1. The summed E-state index contributed by atoms with van der Waals surface area (Å²) >= 11 is 0. The van der Waals surface area contributed by atoms with E-state index in [4.69, 9.17) is 9.72 Å². The number of likely N-dealkylation sites (tertiary alicyclic amines) is 1. The van der Waals surface area contributed by atoms with E-state index in [2.05, 4.69) is 10.2 Å². The van der Waals surface area contributed by atoms with E-state index in [0.717, 1.165) is 48.6 Å². The maximum absolute atomic E-state index is 13.8. The third kappa shape index (κ3) is 5.86. The van der Waals surface area contributed by atoms with Crippen LogP contribution in [0.5, 0.6) is 5.75 Å². The Morgan fingerprint density at radius 1 is 1.10 bits per heavy atom. The molecule has 214 valence electrons. The van der Waals surface area contributed by atoms with E-state index < -0.39 is 17.2 Å². The van der Waals surface area contributed by atoms with Crippen molar-refractivity contribution in [2.45, 2.75) is 30.9 Å². The van der Waals surface area contributed by atoms with Crippen LogP contribution in [0.15, 0.2) is 60.8 Å². The van der Waals surface area contributed by atoms with Crippen LogP contribution in [0.4, 0.5) is 18.9 Å². The topological polar surface area (TPSA) is 81.5 Å². The quantitative estimate of drug-likeness (QED) is 0.415. The second-order valence-corrected chi connectivity index (χ2v) is 10.5. The Morgan fingerprint density at radius 2 is 1.85 bits per heavy atom. The summed E-state index contributed by atoms with van der Waals surface area (Å²) in [6, 6.07) is 16.6. The van der Waals surface area contributed by atoms with Crippen LogP contribution in [0.25, 0.3) is 11.3 Å². The van der Waals surface area contributed by atoms with Crippen LogP contribution in [0.3, 0.4) is 0 Å². The minimum Gasteiger partial charge on any atom is -0.496 e. The average molecular weight is 564 g/mol. The Balaban J connectivity index is 1.40. The molecule has 0 aliphatic carbocycles. The zero-order chi connectivity index (χ0) is 29.0. The van der Waals surface area contributed by atoms with E-state index in [9.17, 15) is 23.2 Å². The number of pyridine rings is 1. The van der Waals surface area contributed by atoms with Crippen molar-refractivity contribution in [3.63, 3.8) is 0 Å². The summed E-state index contributed by atoms with van der Waals surface area (Å²) in [6.45, 7) is 4.20. The van der Waals surface area contributed by atoms with Crippen LogP contribution in [-0.2, 0) is 16.4 Å². The molecule has 0 atom stereocenters. The number of carbonyl (C=O) groups excluding carboxylic acids is 1. The molecule has 0 spiro atoms. The highest BCUT2D eigenvalue weighted by Gasteiger charge is 2.43. The van der Waals surface area contributed by atoms with Crippen LogP contribution in [0.1, 0.15) is 36.0 Å². The molecule has 2 saturated heterocycles. The number of nitriles is 1. The molecule has 2 aliphatic rings. The molecule has 0 saturated carbocycles. The van der Waals surface area contributed by atoms with Gasteiger partial charge >= 0.3 is 6.18 Å². The maximum atomic E-state index is 13.8. The molecular weight excluding hydrogens is 531 g/mol. The predicted molar refractivity (Wildman–Crippen MR) is 150 cm³/mol. The lowest BCUT2D eigenvalue weighted by Crippen LogP contribution is -2.53. The van der Waals surface area contributed by atoms with Crippen molar-refractivity contribution in [2.24, 2.45) is 0 Å². The Kier molecular flexibility index (Phi) is 8.18. The Morgan fingerprint density at radius 3 is 2.46 bits per heavy atom. The molecular formula is C31H32F3N5O2. The van der Waals surface area contributed by atoms with E-state index in [0.29, 0.717) is 43.9 Å². The Labute approximate surface area is 237 Å². The van der Waals surface area contributed by atoms with Crippen LogP contribution >= 0.6 is 0 Å². The number of benzene rings is 2. The molecule has 5 rings (SSSR count). The molecule has 0 unspecified atom stereocenters. The number of piperidine rings is 1. The standard InChI is InChI=1S/C31H32F3N5O2/c1-41-28-6-3-2-5-25(28)26-9-7-24(21-37-26)30(29(40)36-13-18-38-14-4-15-38)11-16-39(17-12-30)27-10-8-23(31(32,33)34)19-22(27)20-35/h2-3,5-10,19,21H,4,11-18H2,1H3,(H,36,40). The smallest absolute Gasteiger partial charge is 0.416 e. The third-order valence-corrected chi connectivity index (χ3v) is 8.20. The number of nitrogens with zero attached hydrogens (tertiary/aromatic N) is 4. The van der Waals surface area contributed by atoms with Crippen LogP contribution in [0, 0.1) is 11.3 Å². The van der Waals surface area contributed by atoms with E-state index >= 15 is 0 Å². The van der Waals surface area contributed by atoms with Crippen LogP contribution < -0.4 is 15.0 Å². The van der Waals surface area contributed by atoms with Gasteiger partial charge in [-0.1, -0.05) is 18.2 Å². The van der Waals surface area contributed by atoms with Gasteiger partial charge in [0.15, 0.2) is 0 Å². The van der Waals surface area contributed by atoms with Gasteiger partial charge in [-0.15, -0.1) is 0 Å². The number of anilines is 1. The fourth-order valence-electron chi connectivity index (χ4n) is 5.65. The van der Waals surface area contributed by atoms with Crippen LogP contribution in [-0.4, -0.2) is 62.2 Å². The molecule has 1 amide bonds. The first-order valence-corrected chi connectivity index (χ1v) is 13.7. The lowest BCUT2D eigenvalue weighted by molar-refractivity contribution is -0.137. The third-order valence-electron chi connectivity index (χ3n) is 8.20. The summed E-state index contributed by atoms with van der Waals surface area (Å²) < 4.78 is 45.2. The lowest BCUT2D eigenvalue weighted by Gasteiger charge is -2.42. The predicted octanol–water partition coefficient (Wildman–Crippen LogP) is 5.01. The van der Waals surface area contributed by atoms with Crippen molar-refractivity contribution in [1.29, 1.82) is 5.26 Å². The summed E-state index contributed by atoms with van der Waals surface area (Å²) in [7, 11) is 1.61. The molecule has 2 aliphatic heterocycles. The molecule has 3 heterocycles. The van der Waals surface area contributed by atoms with Crippen molar-refractivity contribution in [3.05, 3.63) is 77.5 Å². The molecule has 0 radical (unpaired) electrons. The van der Waals surface area contributed by atoms with Crippen molar-refractivity contribution >= 4 is 11.6 Å². The average Bonchev–Trinajstić information content (AvgIpc) is 2.97. The van der Waals surface area contributed by atoms with Gasteiger partial charge in [-0.2, -0.15) is 18.4 Å². The molecule has 2 fully saturated rings. The van der Waals surface area contributed by atoms with Crippen molar-refractivity contribution in [1.82, 2.24) is 15.2 Å². The number of alkyl halides is 3. The van der Waals surface area contributed by atoms with Crippen molar-refractivity contribution in [2.75, 3.05) is 51.3 Å². The lowest BCUT2D eigenvalue weighted by atomic mass is 9.72. The largest absolute Gasteiger partial charge is 0.496 e. The highest BCUT2D eigenvalue weighted by Crippen LogP contribution is 2.40. The number of methoxy groups -OCH3 is 1. The number of hydrogen-bond acceptors (Lipinski definition) is 6. The van der Waals surface area contributed by atoms with Gasteiger partial charge in [0.2, 0.25) is 5.91 Å². The van der Waals surface area contributed by atoms with Crippen molar-refractivity contribution in [3.8, 4) is 23.1 Å². The molecule has 2 aromatic carbocycles. The fraction of sp³-hybridized carbons (Fsp3) is 0.387. The Hall–Kier alpha value is -4.10. The van der Waals surface area contributed by atoms with Gasteiger partial charge in [-0.3, -0.25) is 9.78 Å². The maximum Gasteiger partial charge on any atom is 0.416 e. The van der Waals surface area contributed by atoms with E-state index in [1.807, 2.05) is 47.4 Å². The van der Waals surface area contributed by atoms with Gasteiger partial charge < -0.3 is 19.9 Å². The summed E-state index contributed by atoms with van der Waals surface area (Å²) in [4.78, 5) is 22.7. The number of carbonyl (C=O) groups is 1. The first-order chi connectivity index (χ1) is 19.7. The molecule has 0 bridgehead atoms. The molecule has 41 heavy (non-hydrogen) atoms. The second kappa shape index (κ2) is 11.8. The number of para-hydroxylation sites is 1. The van der Waals surface area contributed by atoms with Gasteiger partial charge in [0.25, 0.3) is 0 Å². The first-order valence-electron chi connectivity index (χ1n) is 13.7. The van der Waals surface area contributed by atoms with Gasteiger partial charge in [0.1, 0.15) is 11.8 Å². The summed E-state index contributed by atoms with van der Waals surface area (Å²) in [6.07, 6.45) is -0.773. The highest BCUT2D eigenvalue weighted by atomic mass is 19.4. The SMILES string of the molecule is COc1ccccc1-c1ccc(C2(C(=O)NCCN3CCC3)CCN(c3ccc(C(F)(F)F)cc3C#N)CC2)cn1. The number of aromatic nitrogens is 1. The van der Waals surface area contributed by atoms with Gasteiger partial charge in [-0.25, -0.2) is 0 Å². The minimum atomic E-state index is -4.53. The summed E-state index contributed by atoms with van der Waals surface area (Å²) in [5, 5.41) is 12.7. The molecule has 7 nitrogen and oxygen atoms in total. The molecule has 1 N–H and O–H groups in total. The van der Waals surface area contributed by atoms with Crippen LogP contribution in [0.2, 0.25) is 0 Å². The first kappa shape index (κ1) is 28.4. The number of nitrogens with one attached hydrogen (secondary N) is 1. The highest BCUT2D eigenvalue weighted by molar-refractivity contribution is 5.89. The molecule has 1 aromatic heterocycles. The number of amides is 1. The zero-order valence-electron chi connectivity index (χ0n) is 22.9. The second-order valence-electron chi connectivity index (χ2n) is 10.5. The van der Waals surface area contributed by atoms with E-state index in [-0.39, 0.29) is 11.5 Å². The fourth-order valence-corrected chi connectivity index (χ4v) is 5.65. The van der Waals surface area contributed by atoms with E-state index in [1.165, 1.54) is 12.5 Å². The number of rotatable bonds is 8. The summed E-state index contributed by atoms with van der Waals surface area (Å²) in [5.41, 5.74) is 1.04. The van der Waals surface area contributed by atoms with Gasteiger partial charge in [0, 0.05) is 37.9 Å². The normalized spacial score (nSPS) is 16.9. The Bertz CT molecular complexity index is 1420. The summed E-state index contributed by atoms with van der Waals surface area (Å²) in [5.74, 6) is 0.613. The zero-order valence-corrected chi connectivity index (χ0v) is 22.9.